The Labute approximate surface area is 176 Å². The largest absolute Gasteiger partial charge is 0.507 e. The number of phenolic OH excluding ortho intramolecular Hbond substituents is 1. The van der Waals surface area contributed by atoms with E-state index in [0.29, 0.717) is 24.2 Å². The Hall–Kier alpha value is -2.89. The molecule has 2 atom stereocenters. The van der Waals surface area contributed by atoms with Gasteiger partial charge in [0.15, 0.2) is 0 Å². The monoisotopic (exact) mass is 408 g/mol. The second-order valence-corrected chi connectivity index (χ2v) is 7.11. The van der Waals surface area contributed by atoms with Gasteiger partial charge in [0.25, 0.3) is 0 Å². The van der Waals surface area contributed by atoms with Gasteiger partial charge in [0.05, 0.1) is 23.4 Å². The van der Waals surface area contributed by atoms with Gasteiger partial charge >= 0.3 is 0 Å². The number of aromatic hydroxyl groups is 1. The van der Waals surface area contributed by atoms with Crippen molar-refractivity contribution in [2.75, 3.05) is 26.2 Å². The van der Waals surface area contributed by atoms with Crippen LogP contribution in [-0.2, 0) is 0 Å². The number of hydrogen-bond donors (Lipinski definition) is 5. The molecule has 0 fully saturated rings. The summed E-state index contributed by atoms with van der Waals surface area (Å²) in [6, 6.07) is 10.5. The highest BCUT2D eigenvalue weighted by Crippen LogP contribution is 2.24. The minimum absolute atomic E-state index is 0.107. The highest BCUT2D eigenvalue weighted by atomic mass is 16.3. The smallest absolute Gasteiger partial charge is 0.132 e. The second kappa shape index (κ2) is 10.2. The molecule has 0 aliphatic rings. The molecule has 3 aromatic rings. The van der Waals surface area contributed by atoms with Gasteiger partial charge in [-0.05, 0) is 42.9 Å². The van der Waals surface area contributed by atoms with Crippen LogP contribution in [0.3, 0.4) is 0 Å². The van der Waals surface area contributed by atoms with Crippen molar-refractivity contribution < 1.29 is 15.3 Å². The van der Waals surface area contributed by atoms with E-state index in [0.717, 1.165) is 29.6 Å². The lowest BCUT2D eigenvalue weighted by atomic mass is 10.1. The molecule has 0 bridgehead atoms. The van der Waals surface area contributed by atoms with Gasteiger partial charge in [-0.3, -0.25) is 10.4 Å². The molecule has 3 rings (SSSR count). The summed E-state index contributed by atoms with van der Waals surface area (Å²) in [4.78, 5) is 2.13. The fraction of sp³-hybridized carbons (Fsp3) is 0.348. The van der Waals surface area contributed by atoms with Crippen molar-refractivity contribution in [2.45, 2.75) is 26.2 Å². The molecule has 1 heterocycles. The van der Waals surface area contributed by atoms with Gasteiger partial charge in [0.2, 0.25) is 0 Å². The lowest BCUT2D eigenvalue weighted by Gasteiger charge is -2.23. The van der Waals surface area contributed by atoms with Crippen LogP contribution in [0.4, 0.5) is 0 Å². The first-order valence-electron chi connectivity index (χ1n) is 10.1. The van der Waals surface area contributed by atoms with Crippen LogP contribution in [-0.4, -0.2) is 62.7 Å². The predicted molar refractivity (Wildman–Crippen MR) is 117 cm³/mol. The Morgan fingerprint density at radius 1 is 1.07 bits per heavy atom. The van der Waals surface area contributed by atoms with E-state index in [1.54, 1.807) is 30.5 Å². The van der Waals surface area contributed by atoms with Crippen LogP contribution in [0.25, 0.3) is 10.9 Å². The molecule has 158 valence electrons. The molecule has 0 aliphatic carbocycles. The van der Waals surface area contributed by atoms with Gasteiger partial charge in [0.1, 0.15) is 12.0 Å². The number of aromatic amines is 1. The summed E-state index contributed by atoms with van der Waals surface area (Å²) in [6.45, 7) is 6.74. The first kappa shape index (κ1) is 21.8. The van der Waals surface area contributed by atoms with Crippen LogP contribution in [0.5, 0.6) is 5.75 Å². The summed E-state index contributed by atoms with van der Waals surface area (Å²) in [5.41, 5.74) is 2.78. The average molecular weight is 409 g/mol. The van der Waals surface area contributed by atoms with Gasteiger partial charge in [-0.25, -0.2) is 0 Å². The van der Waals surface area contributed by atoms with Gasteiger partial charge in [0, 0.05) is 24.0 Å². The molecule has 30 heavy (non-hydrogen) atoms. The number of aliphatic hydroxyl groups excluding tert-OH is 2. The number of nitrogens with one attached hydrogen (secondary N) is 2. The maximum Gasteiger partial charge on any atom is 0.132 e. The summed E-state index contributed by atoms with van der Waals surface area (Å²) < 4.78 is 0. The Morgan fingerprint density at radius 3 is 2.50 bits per heavy atom. The minimum Gasteiger partial charge on any atom is -0.507 e. The van der Waals surface area contributed by atoms with E-state index in [1.165, 1.54) is 0 Å². The Balaban J connectivity index is 1.62. The number of likely N-dealkylation sites (N-methyl/N-ethyl adjacent to an activating group) is 1. The van der Waals surface area contributed by atoms with Crippen molar-refractivity contribution in [3.05, 3.63) is 59.3 Å². The van der Waals surface area contributed by atoms with Crippen molar-refractivity contribution in [1.82, 2.24) is 20.4 Å². The van der Waals surface area contributed by atoms with Crippen LogP contribution in [0.15, 0.2) is 42.6 Å². The highest BCUT2D eigenvalue weighted by Gasteiger charge is 2.12. The molecule has 2 unspecified atom stereocenters. The van der Waals surface area contributed by atoms with Crippen molar-refractivity contribution in [2.24, 2.45) is 0 Å². The number of aromatic nitrogens is 2. The number of rotatable bonds is 8. The molecule has 0 saturated heterocycles. The van der Waals surface area contributed by atoms with E-state index in [9.17, 15) is 15.3 Å². The van der Waals surface area contributed by atoms with Crippen molar-refractivity contribution in [1.29, 1.82) is 0 Å². The topological polar surface area (TPSA) is 105 Å². The molecule has 7 heteroatoms. The van der Waals surface area contributed by atoms with Gasteiger partial charge in [-0.2, -0.15) is 5.10 Å². The number of nitrogens with zero attached hydrogens (tertiary/aromatic N) is 2. The van der Waals surface area contributed by atoms with E-state index in [4.69, 9.17) is 0 Å². The van der Waals surface area contributed by atoms with Crippen molar-refractivity contribution in [3.8, 4) is 17.6 Å². The third kappa shape index (κ3) is 5.38. The molecule has 0 aliphatic heterocycles. The standard InChI is InChI=1S/C23H28N4O3/c1-3-27(4-2)15-18(28)13-24-23(30)17-8-5-16(6-9-17)7-10-19-20-14-25-26-21(20)11-12-22(19)29/h5-6,8-9,11-12,14,18,23-24,28-30H,3-4,13,15H2,1-2H3,(H,25,26). The number of H-pyrrole nitrogens is 1. The lowest BCUT2D eigenvalue weighted by Crippen LogP contribution is -2.39. The van der Waals surface area contributed by atoms with Crippen LogP contribution >= 0.6 is 0 Å². The number of benzene rings is 2. The lowest BCUT2D eigenvalue weighted by molar-refractivity contribution is 0.0808. The SMILES string of the molecule is CCN(CC)CC(O)CNC(O)c1ccc(C#Cc2c(O)ccc3[nH]ncc23)cc1. The van der Waals surface area contributed by atoms with Crippen LogP contribution in [0.2, 0.25) is 0 Å². The molecule has 0 radical (unpaired) electrons. The third-order valence-corrected chi connectivity index (χ3v) is 5.07. The highest BCUT2D eigenvalue weighted by molar-refractivity contribution is 5.87. The molecule has 5 N–H and O–H groups in total. The molecular weight excluding hydrogens is 380 g/mol. The fourth-order valence-corrected chi connectivity index (χ4v) is 3.23. The maximum absolute atomic E-state index is 10.3. The number of aliphatic hydroxyl groups is 2. The second-order valence-electron chi connectivity index (χ2n) is 7.11. The van der Waals surface area contributed by atoms with E-state index in [-0.39, 0.29) is 5.75 Å². The van der Waals surface area contributed by atoms with Crippen LogP contribution in [0.1, 0.15) is 36.8 Å². The molecule has 0 amide bonds. The Bertz CT molecular complexity index is 1020. The maximum atomic E-state index is 10.3. The van der Waals surface area contributed by atoms with E-state index < -0.39 is 12.3 Å². The van der Waals surface area contributed by atoms with E-state index in [2.05, 4.69) is 46.1 Å². The molecule has 0 saturated carbocycles. The number of hydrogen-bond acceptors (Lipinski definition) is 6. The first-order chi connectivity index (χ1) is 14.5. The van der Waals surface area contributed by atoms with E-state index >= 15 is 0 Å². The van der Waals surface area contributed by atoms with E-state index in [1.807, 2.05) is 12.1 Å². The molecular formula is C23H28N4O3. The number of fused-ring (bicyclic) bond motifs is 1. The zero-order valence-corrected chi connectivity index (χ0v) is 17.3. The third-order valence-electron chi connectivity index (χ3n) is 5.07. The molecule has 7 nitrogen and oxygen atoms in total. The number of phenols is 1. The van der Waals surface area contributed by atoms with Crippen molar-refractivity contribution >= 4 is 10.9 Å². The first-order valence-corrected chi connectivity index (χ1v) is 10.1. The zero-order valence-electron chi connectivity index (χ0n) is 17.3. The van der Waals surface area contributed by atoms with Gasteiger partial charge < -0.3 is 20.2 Å². The molecule has 0 spiro atoms. The molecule has 2 aromatic carbocycles. The van der Waals surface area contributed by atoms with Crippen molar-refractivity contribution in [3.63, 3.8) is 0 Å². The Morgan fingerprint density at radius 2 is 1.80 bits per heavy atom. The van der Waals surface area contributed by atoms with Gasteiger partial charge in [-0.1, -0.05) is 37.8 Å². The van der Waals surface area contributed by atoms with Gasteiger partial charge in [-0.15, -0.1) is 0 Å². The quantitative estimate of drug-likeness (QED) is 0.288. The Kier molecular flexibility index (Phi) is 7.44. The zero-order chi connectivity index (χ0) is 21.5. The fourth-order valence-electron chi connectivity index (χ4n) is 3.23. The van der Waals surface area contributed by atoms with Crippen LogP contribution < -0.4 is 5.32 Å². The summed E-state index contributed by atoms with van der Waals surface area (Å²) in [5.74, 6) is 6.14. The minimum atomic E-state index is -0.873. The normalized spacial score (nSPS) is 13.2. The summed E-state index contributed by atoms with van der Waals surface area (Å²) in [7, 11) is 0. The summed E-state index contributed by atoms with van der Waals surface area (Å²) in [6.07, 6.45) is 0.212. The summed E-state index contributed by atoms with van der Waals surface area (Å²) >= 11 is 0. The average Bonchev–Trinajstić information content (AvgIpc) is 3.24. The predicted octanol–water partition coefficient (Wildman–Crippen LogP) is 1.95. The van der Waals surface area contributed by atoms with Crippen LogP contribution in [0, 0.1) is 11.8 Å². The molecule has 1 aromatic heterocycles. The summed E-state index contributed by atoms with van der Waals surface area (Å²) in [5, 5.41) is 41.1.